The maximum absolute atomic E-state index is 6.08. The fourth-order valence-corrected chi connectivity index (χ4v) is 2.67. The summed E-state index contributed by atoms with van der Waals surface area (Å²) < 4.78 is 2.26. The average molecular weight is 285 g/mol. The van der Waals surface area contributed by atoms with Crippen molar-refractivity contribution in [3.8, 4) is 11.4 Å². The summed E-state index contributed by atoms with van der Waals surface area (Å²) >= 11 is 6.08. The van der Waals surface area contributed by atoms with Crippen molar-refractivity contribution in [2.24, 2.45) is 0 Å². The maximum Gasteiger partial charge on any atom is 0.141 e. The van der Waals surface area contributed by atoms with Gasteiger partial charge in [-0.2, -0.15) is 0 Å². The van der Waals surface area contributed by atoms with Crippen LogP contribution in [0.3, 0.4) is 0 Å². The molecule has 1 heterocycles. The molecule has 0 N–H and O–H groups in total. The molecule has 0 saturated carbocycles. The van der Waals surface area contributed by atoms with Gasteiger partial charge in [0.25, 0.3) is 0 Å². The van der Waals surface area contributed by atoms with Gasteiger partial charge in [-0.1, -0.05) is 41.4 Å². The monoisotopic (exact) mass is 284 g/mol. The van der Waals surface area contributed by atoms with E-state index >= 15 is 0 Å². The minimum atomic E-state index is 0.345. The number of rotatable bonds is 2. The van der Waals surface area contributed by atoms with Gasteiger partial charge < -0.3 is 4.57 Å². The molecule has 0 atom stereocenters. The predicted octanol–water partition coefficient (Wildman–Crippen LogP) is 5.25. The smallest absolute Gasteiger partial charge is 0.141 e. The Hall–Kier alpha value is -1.80. The normalized spacial score (nSPS) is 11.4. The minimum absolute atomic E-state index is 0.345. The third kappa shape index (κ3) is 2.20. The maximum atomic E-state index is 6.08. The highest BCUT2D eigenvalue weighted by Crippen LogP contribution is 2.29. The molecule has 2 aromatic carbocycles. The van der Waals surface area contributed by atoms with E-state index in [1.807, 2.05) is 18.2 Å². The van der Waals surface area contributed by atoms with Crippen LogP contribution in [0, 0.1) is 6.92 Å². The summed E-state index contributed by atoms with van der Waals surface area (Å²) in [5.74, 6) is 0.997. The lowest BCUT2D eigenvalue weighted by Gasteiger charge is -2.13. The molecule has 0 unspecified atom stereocenters. The van der Waals surface area contributed by atoms with E-state index in [0.29, 0.717) is 6.04 Å². The molecule has 1 aromatic heterocycles. The van der Waals surface area contributed by atoms with Crippen LogP contribution in [0.1, 0.15) is 25.5 Å². The second kappa shape index (κ2) is 4.95. The van der Waals surface area contributed by atoms with Crippen molar-refractivity contribution in [3.63, 3.8) is 0 Å². The van der Waals surface area contributed by atoms with E-state index in [4.69, 9.17) is 16.6 Å². The van der Waals surface area contributed by atoms with Gasteiger partial charge in [-0.25, -0.2) is 4.98 Å². The zero-order valence-corrected chi connectivity index (χ0v) is 12.6. The number of halogens is 1. The third-order valence-electron chi connectivity index (χ3n) is 3.48. The summed E-state index contributed by atoms with van der Waals surface area (Å²) in [5.41, 5.74) is 4.46. The molecule has 102 valence electrons. The van der Waals surface area contributed by atoms with Crippen LogP contribution in [-0.4, -0.2) is 9.55 Å². The van der Waals surface area contributed by atoms with Crippen LogP contribution < -0.4 is 0 Å². The van der Waals surface area contributed by atoms with Crippen molar-refractivity contribution in [1.29, 1.82) is 0 Å². The van der Waals surface area contributed by atoms with E-state index in [9.17, 15) is 0 Å². The first-order valence-corrected chi connectivity index (χ1v) is 7.18. The third-order valence-corrected chi connectivity index (χ3v) is 3.71. The molecule has 0 fully saturated rings. The van der Waals surface area contributed by atoms with Gasteiger partial charge in [-0.3, -0.25) is 0 Å². The van der Waals surface area contributed by atoms with Gasteiger partial charge in [-0.15, -0.1) is 0 Å². The standard InChI is InChI=1S/C17H17ClN2/c1-11(2)20-16-9-8-14(18)10-15(16)19-17(20)13-6-4-12(3)5-7-13/h4-11H,1-3H3. The van der Waals surface area contributed by atoms with Crippen molar-refractivity contribution in [3.05, 3.63) is 53.1 Å². The summed E-state index contributed by atoms with van der Waals surface area (Å²) in [6, 6.07) is 14.7. The summed E-state index contributed by atoms with van der Waals surface area (Å²) in [5, 5.41) is 0.723. The van der Waals surface area contributed by atoms with E-state index in [1.165, 1.54) is 5.56 Å². The Morgan fingerprint density at radius 1 is 1.05 bits per heavy atom. The summed E-state index contributed by atoms with van der Waals surface area (Å²) in [7, 11) is 0. The number of imidazole rings is 1. The Morgan fingerprint density at radius 3 is 2.40 bits per heavy atom. The zero-order valence-electron chi connectivity index (χ0n) is 11.9. The van der Waals surface area contributed by atoms with E-state index in [-0.39, 0.29) is 0 Å². The summed E-state index contributed by atoms with van der Waals surface area (Å²) in [6.07, 6.45) is 0. The Morgan fingerprint density at radius 2 is 1.75 bits per heavy atom. The number of benzene rings is 2. The number of fused-ring (bicyclic) bond motifs is 1. The SMILES string of the molecule is Cc1ccc(-c2nc3cc(Cl)ccc3n2C(C)C)cc1. The number of aryl methyl sites for hydroxylation is 1. The van der Waals surface area contributed by atoms with Crippen LogP contribution in [0.25, 0.3) is 22.4 Å². The topological polar surface area (TPSA) is 17.8 Å². The highest BCUT2D eigenvalue weighted by atomic mass is 35.5. The molecule has 0 spiro atoms. The molecule has 0 amide bonds. The van der Waals surface area contributed by atoms with E-state index in [1.54, 1.807) is 0 Å². The second-order valence-corrected chi connectivity index (χ2v) is 5.83. The van der Waals surface area contributed by atoms with Gasteiger partial charge in [0.05, 0.1) is 11.0 Å². The molecular formula is C17H17ClN2. The molecule has 3 rings (SSSR count). The zero-order chi connectivity index (χ0) is 14.3. The molecular weight excluding hydrogens is 268 g/mol. The highest BCUT2D eigenvalue weighted by molar-refractivity contribution is 6.31. The Balaban J connectivity index is 2.28. The number of hydrogen-bond acceptors (Lipinski definition) is 1. The molecule has 0 aliphatic carbocycles. The number of hydrogen-bond donors (Lipinski definition) is 0. The predicted molar refractivity (Wildman–Crippen MR) is 85.3 cm³/mol. The van der Waals surface area contributed by atoms with Crippen molar-refractivity contribution < 1.29 is 0 Å². The lowest BCUT2D eigenvalue weighted by molar-refractivity contribution is 0.624. The van der Waals surface area contributed by atoms with Crippen LogP contribution in [-0.2, 0) is 0 Å². The molecule has 0 radical (unpaired) electrons. The van der Waals surface area contributed by atoms with Crippen molar-refractivity contribution in [2.45, 2.75) is 26.8 Å². The molecule has 0 aliphatic rings. The first-order chi connectivity index (χ1) is 9.56. The van der Waals surface area contributed by atoms with Crippen molar-refractivity contribution >= 4 is 22.6 Å². The van der Waals surface area contributed by atoms with Crippen LogP contribution in [0.4, 0.5) is 0 Å². The Kier molecular flexibility index (Phi) is 3.27. The second-order valence-electron chi connectivity index (χ2n) is 5.40. The van der Waals surface area contributed by atoms with Gasteiger partial charge >= 0.3 is 0 Å². The fourth-order valence-electron chi connectivity index (χ4n) is 2.50. The van der Waals surface area contributed by atoms with Gasteiger partial charge in [0.1, 0.15) is 5.82 Å². The lowest BCUT2D eigenvalue weighted by Crippen LogP contribution is -2.02. The van der Waals surface area contributed by atoms with Crippen LogP contribution in [0.5, 0.6) is 0 Å². The van der Waals surface area contributed by atoms with E-state index in [2.05, 4.69) is 49.6 Å². The first kappa shape index (κ1) is 13.2. The van der Waals surface area contributed by atoms with Gasteiger partial charge in [0.2, 0.25) is 0 Å². The first-order valence-electron chi connectivity index (χ1n) is 6.81. The lowest BCUT2D eigenvalue weighted by atomic mass is 10.1. The summed E-state index contributed by atoms with van der Waals surface area (Å²) in [4.78, 5) is 4.77. The van der Waals surface area contributed by atoms with Crippen LogP contribution in [0.15, 0.2) is 42.5 Å². The molecule has 2 nitrogen and oxygen atoms in total. The van der Waals surface area contributed by atoms with Crippen molar-refractivity contribution in [2.75, 3.05) is 0 Å². The average Bonchev–Trinajstić information content (AvgIpc) is 2.77. The molecule has 0 bridgehead atoms. The molecule has 20 heavy (non-hydrogen) atoms. The Labute approximate surface area is 124 Å². The minimum Gasteiger partial charge on any atom is -0.321 e. The van der Waals surface area contributed by atoms with E-state index in [0.717, 1.165) is 27.4 Å². The molecule has 0 aliphatic heterocycles. The number of aromatic nitrogens is 2. The van der Waals surface area contributed by atoms with Gasteiger partial charge in [0, 0.05) is 16.6 Å². The van der Waals surface area contributed by atoms with E-state index < -0.39 is 0 Å². The molecule has 0 saturated heterocycles. The van der Waals surface area contributed by atoms with Crippen molar-refractivity contribution in [1.82, 2.24) is 9.55 Å². The summed E-state index contributed by atoms with van der Waals surface area (Å²) in [6.45, 7) is 6.44. The molecule has 3 aromatic rings. The van der Waals surface area contributed by atoms with Crippen LogP contribution in [0.2, 0.25) is 5.02 Å². The largest absolute Gasteiger partial charge is 0.321 e. The highest BCUT2D eigenvalue weighted by Gasteiger charge is 2.14. The van der Waals surface area contributed by atoms with Crippen LogP contribution >= 0.6 is 11.6 Å². The fraction of sp³-hybridized carbons (Fsp3) is 0.235. The van der Waals surface area contributed by atoms with Gasteiger partial charge in [-0.05, 0) is 39.0 Å². The molecule has 3 heteroatoms. The van der Waals surface area contributed by atoms with Gasteiger partial charge in [0.15, 0.2) is 0 Å². The quantitative estimate of drug-likeness (QED) is 0.629. The number of nitrogens with zero attached hydrogens (tertiary/aromatic N) is 2. The Bertz CT molecular complexity index is 755.